The van der Waals surface area contributed by atoms with Crippen LogP contribution >= 0.6 is 11.6 Å². The molecule has 0 saturated carbocycles. The van der Waals surface area contributed by atoms with Crippen LogP contribution < -0.4 is 17.2 Å². The van der Waals surface area contributed by atoms with E-state index in [4.69, 9.17) is 28.8 Å². The lowest BCUT2D eigenvalue weighted by Gasteiger charge is -2.42. The van der Waals surface area contributed by atoms with Crippen molar-refractivity contribution in [1.29, 1.82) is 0 Å². The Bertz CT molecular complexity index is 885. The number of amides is 1. The molecule has 0 aromatic heterocycles. The third kappa shape index (κ3) is 7.22. The maximum atomic E-state index is 13.1. The van der Waals surface area contributed by atoms with Crippen LogP contribution in [0.3, 0.4) is 0 Å². The van der Waals surface area contributed by atoms with E-state index in [9.17, 15) is 4.79 Å². The molecule has 0 bridgehead atoms. The number of carbonyl (C=O) groups excluding carboxylic acids is 1. The van der Waals surface area contributed by atoms with Gasteiger partial charge in [-0.05, 0) is 42.5 Å². The summed E-state index contributed by atoms with van der Waals surface area (Å²) in [5, 5.41) is 0.673. The minimum atomic E-state index is -0.570. The lowest BCUT2D eigenvalue weighted by atomic mass is 10.0. The van der Waals surface area contributed by atoms with E-state index in [-0.39, 0.29) is 17.9 Å². The molecule has 2 aromatic rings. The second-order valence-corrected chi connectivity index (χ2v) is 8.72. The minimum absolute atomic E-state index is 0.00599. The zero-order valence-corrected chi connectivity index (χ0v) is 19.1. The van der Waals surface area contributed by atoms with Crippen molar-refractivity contribution in [1.82, 2.24) is 9.80 Å². The van der Waals surface area contributed by atoms with Crippen LogP contribution in [0.15, 0.2) is 59.6 Å². The highest BCUT2D eigenvalue weighted by Gasteiger charge is 2.31. The van der Waals surface area contributed by atoms with E-state index in [2.05, 4.69) is 34.2 Å². The maximum absolute atomic E-state index is 13.1. The number of carbonyl (C=O) groups is 1. The molecule has 0 radical (unpaired) electrons. The van der Waals surface area contributed by atoms with E-state index in [1.807, 2.05) is 35.2 Å². The fourth-order valence-electron chi connectivity index (χ4n) is 4.12. The summed E-state index contributed by atoms with van der Waals surface area (Å²) in [4.78, 5) is 21.6. The number of hydrogen-bond acceptors (Lipinski definition) is 4. The van der Waals surface area contributed by atoms with Gasteiger partial charge >= 0.3 is 0 Å². The number of aliphatic imine (C=N–C) groups is 1. The number of nitrogens with two attached hydrogens (primary N) is 3. The molecule has 32 heavy (non-hydrogen) atoms. The van der Waals surface area contributed by atoms with E-state index in [0.29, 0.717) is 31.1 Å². The molecule has 8 heteroatoms. The molecule has 0 spiro atoms. The average molecular weight is 457 g/mol. The van der Waals surface area contributed by atoms with Crippen molar-refractivity contribution in [3.63, 3.8) is 0 Å². The van der Waals surface area contributed by atoms with Gasteiger partial charge < -0.3 is 22.1 Å². The van der Waals surface area contributed by atoms with E-state index < -0.39 is 6.04 Å². The molecule has 2 unspecified atom stereocenters. The average Bonchev–Trinajstić information content (AvgIpc) is 2.79. The smallest absolute Gasteiger partial charge is 0.239 e. The molecule has 0 aliphatic carbocycles. The molecule has 1 amide bonds. The molecule has 1 aliphatic rings. The van der Waals surface area contributed by atoms with Gasteiger partial charge in [-0.1, -0.05) is 54.1 Å². The molecular formula is C24H33ClN6O. The van der Waals surface area contributed by atoms with Crippen molar-refractivity contribution in [3.8, 4) is 0 Å². The summed E-state index contributed by atoms with van der Waals surface area (Å²) >= 11 is 5.96. The lowest BCUT2D eigenvalue weighted by molar-refractivity contribution is -0.135. The molecule has 1 heterocycles. The maximum Gasteiger partial charge on any atom is 0.239 e. The minimum Gasteiger partial charge on any atom is -0.370 e. The first-order valence-corrected chi connectivity index (χ1v) is 11.4. The summed E-state index contributed by atoms with van der Waals surface area (Å²) in [6.07, 6.45) is 2.25. The normalized spacial score (nSPS) is 17.7. The van der Waals surface area contributed by atoms with E-state index in [0.717, 1.165) is 31.5 Å². The summed E-state index contributed by atoms with van der Waals surface area (Å²) in [7, 11) is 0. The van der Waals surface area contributed by atoms with Gasteiger partial charge in [0.1, 0.15) is 0 Å². The standard InChI is InChI=1S/C24H33ClN6O/c25-20-10-8-18(9-11-20)15-22(26)23(32)31-14-13-30(16-19-5-2-1-3-6-19)21(17-31)7-4-12-29-24(27)28/h1-3,5-6,8-11,21-22H,4,7,12-17,26H2,(H4,27,28,29). The highest BCUT2D eigenvalue weighted by molar-refractivity contribution is 6.30. The summed E-state index contributed by atoms with van der Waals surface area (Å²) in [6, 6.07) is 17.5. The third-order valence-corrected chi connectivity index (χ3v) is 6.07. The van der Waals surface area contributed by atoms with Crippen LogP contribution in [0, 0.1) is 0 Å². The predicted octanol–water partition coefficient (Wildman–Crippen LogP) is 1.98. The number of benzene rings is 2. The number of piperazine rings is 1. The number of rotatable bonds is 9. The lowest BCUT2D eigenvalue weighted by Crippen LogP contribution is -2.57. The second-order valence-electron chi connectivity index (χ2n) is 8.28. The van der Waals surface area contributed by atoms with Crippen LogP contribution in [0.5, 0.6) is 0 Å². The Morgan fingerprint density at radius 1 is 1.06 bits per heavy atom. The largest absolute Gasteiger partial charge is 0.370 e. The van der Waals surface area contributed by atoms with Gasteiger partial charge in [0.25, 0.3) is 0 Å². The number of nitrogens with zero attached hydrogens (tertiary/aromatic N) is 3. The van der Waals surface area contributed by atoms with E-state index in [1.165, 1.54) is 5.56 Å². The van der Waals surface area contributed by atoms with Crippen LogP contribution in [-0.4, -0.2) is 59.9 Å². The SMILES string of the molecule is NC(N)=NCCCC1CN(C(=O)C(N)Cc2ccc(Cl)cc2)CCN1Cc1ccccc1. The van der Waals surface area contributed by atoms with Crippen molar-refractivity contribution < 1.29 is 4.79 Å². The second kappa shape index (κ2) is 11.9. The number of guanidine groups is 1. The zero-order chi connectivity index (χ0) is 22.9. The first kappa shape index (κ1) is 24.0. The van der Waals surface area contributed by atoms with Crippen LogP contribution in [0.4, 0.5) is 0 Å². The van der Waals surface area contributed by atoms with Crippen LogP contribution in [-0.2, 0) is 17.8 Å². The van der Waals surface area contributed by atoms with Crippen LogP contribution in [0.1, 0.15) is 24.0 Å². The predicted molar refractivity (Wildman–Crippen MR) is 130 cm³/mol. The van der Waals surface area contributed by atoms with E-state index in [1.54, 1.807) is 0 Å². The van der Waals surface area contributed by atoms with Gasteiger partial charge in [0.2, 0.25) is 5.91 Å². The Morgan fingerprint density at radius 2 is 1.78 bits per heavy atom. The molecule has 2 atom stereocenters. The summed E-state index contributed by atoms with van der Waals surface area (Å²) < 4.78 is 0. The zero-order valence-electron chi connectivity index (χ0n) is 18.4. The van der Waals surface area contributed by atoms with Crippen LogP contribution in [0.2, 0.25) is 5.02 Å². The molecular weight excluding hydrogens is 424 g/mol. The number of hydrogen-bond donors (Lipinski definition) is 3. The fourth-order valence-corrected chi connectivity index (χ4v) is 4.25. The molecule has 172 valence electrons. The van der Waals surface area contributed by atoms with Gasteiger partial charge in [-0.15, -0.1) is 0 Å². The molecule has 6 N–H and O–H groups in total. The Labute approximate surface area is 195 Å². The first-order valence-electron chi connectivity index (χ1n) is 11.0. The Kier molecular flexibility index (Phi) is 8.90. The van der Waals surface area contributed by atoms with Gasteiger partial charge in [0.15, 0.2) is 5.96 Å². The number of halogens is 1. The van der Waals surface area contributed by atoms with Gasteiger partial charge in [-0.3, -0.25) is 14.7 Å². The van der Waals surface area contributed by atoms with Crippen molar-refractivity contribution in [3.05, 3.63) is 70.7 Å². The van der Waals surface area contributed by atoms with Crippen molar-refractivity contribution in [2.24, 2.45) is 22.2 Å². The fraction of sp³-hybridized carbons (Fsp3) is 0.417. The van der Waals surface area contributed by atoms with E-state index >= 15 is 0 Å². The van der Waals surface area contributed by atoms with Crippen molar-refractivity contribution in [2.75, 3.05) is 26.2 Å². The molecule has 1 aliphatic heterocycles. The van der Waals surface area contributed by atoms with Crippen LogP contribution in [0.25, 0.3) is 0 Å². The molecule has 3 rings (SSSR count). The van der Waals surface area contributed by atoms with Gasteiger partial charge in [-0.25, -0.2) is 0 Å². The Balaban J connectivity index is 1.62. The molecule has 2 aromatic carbocycles. The third-order valence-electron chi connectivity index (χ3n) is 5.82. The summed E-state index contributed by atoms with van der Waals surface area (Å²) in [5.41, 5.74) is 19.5. The van der Waals surface area contributed by atoms with Gasteiger partial charge in [0, 0.05) is 43.8 Å². The monoisotopic (exact) mass is 456 g/mol. The Morgan fingerprint density at radius 3 is 2.47 bits per heavy atom. The van der Waals surface area contributed by atoms with Crippen molar-refractivity contribution in [2.45, 2.75) is 37.9 Å². The Hall–Kier alpha value is -2.61. The summed E-state index contributed by atoms with van der Waals surface area (Å²) in [5.74, 6) is 0.105. The quantitative estimate of drug-likeness (QED) is 0.303. The van der Waals surface area contributed by atoms with Crippen molar-refractivity contribution >= 4 is 23.5 Å². The first-order chi connectivity index (χ1) is 15.4. The topological polar surface area (TPSA) is 114 Å². The highest BCUT2D eigenvalue weighted by atomic mass is 35.5. The molecule has 7 nitrogen and oxygen atoms in total. The molecule has 1 fully saturated rings. The molecule has 1 saturated heterocycles. The summed E-state index contributed by atoms with van der Waals surface area (Å²) in [6.45, 7) is 3.57. The highest BCUT2D eigenvalue weighted by Crippen LogP contribution is 2.19. The van der Waals surface area contributed by atoms with Gasteiger partial charge in [-0.2, -0.15) is 0 Å². The van der Waals surface area contributed by atoms with Gasteiger partial charge in [0.05, 0.1) is 6.04 Å².